The van der Waals surface area contributed by atoms with Gasteiger partial charge in [0.1, 0.15) is 18.1 Å². The number of rotatable bonds is 9. The van der Waals surface area contributed by atoms with Crippen LogP contribution in [0.5, 0.6) is 11.5 Å². The van der Waals surface area contributed by atoms with Gasteiger partial charge < -0.3 is 19.3 Å². The van der Waals surface area contributed by atoms with Gasteiger partial charge in [0.2, 0.25) is 0 Å². The summed E-state index contributed by atoms with van der Waals surface area (Å²) in [6.07, 6.45) is -2.61. The summed E-state index contributed by atoms with van der Waals surface area (Å²) in [4.78, 5) is 13.0. The van der Waals surface area contributed by atoms with Crippen molar-refractivity contribution in [3.8, 4) is 23.3 Å². The van der Waals surface area contributed by atoms with Crippen LogP contribution in [0.25, 0.3) is 5.57 Å². The maximum Gasteiger partial charge on any atom is 0.416 e. The number of alkyl halides is 3. The van der Waals surface area contributed by atoms with Gasteiger partial charge >= 0.3 is 12.1 Å². The fourth-order valence-electron chi connectivity index (χ4n) is 4.22. The molecule has 0 radical (unpaired) electrons. The summed E-state index contributed by atoms with van der Waals surface area (Å²) in [5.41, 5.74) is 2.96. The van der Waals surface area contributed by atoms with E-state index in [9.17, 15) is 18.0 Å². The third-order valence-corrected chi connectivity index (χ3v) is 6.39. The van der Waals surface area contributed by atoms with E-state index in [1.165, 1.54) is 12.1 Å². The van der Waals surface area contributed by atoms with Crippen molar-refractivity contribution < 1.29 is 37.3 Å². The molecule has 214 valence electrons. The lowest BCUT2D eigenvalue weighted by Gasteiger charge is -2.24. The number of hydrogen-bond donors (Lipinski definition) is 1. The van der Waals surface area contributed by atoms with Crippen LogP contribution in [0.4, 0.5) is 13.2 Å². The number of carboxylic acid groups (broad SMARTS) is 1. The summed E-state index contributed by atoms with van der Waals surface area (Å²) in [6.45, 7) is 5.28. The van der Waals surface area contributed by atoms with Gasteiger partial charge in [0.05, 0.1) is 25.3 Å². The summed E-state index contributed by atoms with van der Waals surface area (Å²) in [6, 6.07) is 17.6. The Morgan fingerprint density at radius 2 is 1.66 bits per heavy atom. The first-order valence-electron chi connectivity index (χ1n) is 13.0. The van der Waals surface area contributed by atoms with Crippen LogP contribution in [0.2, 0.25) is 0 Å². The minimum Gasteiger partial charge on any atom is -0.489 e. The lowest BCUT2D eigenvalue weighted by atomic mass is 9.96. The first-order chi connectivity index (χ1) is 19.7. The SMILES string of the molecule is Cc1cc(OC/C=C(\c2ccc(C#CCN3CCOCC3)cc2)c2ccc(C(F)(F)F)cc2)ccc1OCC(=O)O. The highest BCUT2D eigenvalue weighted by molar-refractivity contribution is 5.80. The van der Waals surface area contributed by atoms with Gasteiger partial charge in [-0.15, -0.1) is 0 Å². The molecule has 0 amide bonds. The number of carboxylic acids is 1. The highest BCUT2D eigenvalue weighted by Crippen LogP contribution is 2.32. The molecule has 0 unspecified atom stereocenters. The van der Waals surface area contributed by atoms with Crippen LogP contribution in [0.15, 0.2) is 72.8 Å². The molecule has 9 heteroatoms. The largest absolute Gasteiger partial charge is 0.489 e. The van der Waals surface area contributed by atoms with Crippen molar-refractivity contribution in [2.45, 2.75) is 13.1 Å². The number of aliphatic carboxylic acids is 1. The smallest absolute Gasteiger partial charge is 0.416 e. The first kappa shape index (κ1) is 29.7. The fourth-order valence-corrected chi connectivity index (χ4v) is 4.22. The van der Waals surface area contributed by atoms with Crippen LogP contribution in [-0.2, 0) is 15.7 Å². The Bertz CT molecular complexity index is 1410. The minimum absolute atomic E-state index is 0.145. The van der Waals surface area contributed by atoms with E-state index in [4.69, 9.17) is 19.3 Å². The molecule has 0 saturated carbocycles. The molecule has 1 aliphatic heterocycles. The number of hydrogen-bond acceptors (Lipinski definition) is 5. The number of nitrogens with zero attached hydrogens (tertiary/aromatic N) is 1. The van der Waals surface area contributed by atoms with Crippen molar-refractivity contribution in [3.05, 3.63) is 101 Å². The predicted octanol–water partition coefficient (Wildman–Crippen LogP) is 5.67. The molecule has 4 rings (SSSR count). The third-order valence-electron chi connectivity index (χ3n) is 6.39. The molecule has 3 aromatic rings. The van der Waals surface area contributed by atoms with Crippen LogP contribution in [-0.4, -0.2) is 62.0 Å². The second-order valence-electron chi connectivity index (χ2n) is 9.38. The molecule has 0 atom stereocenters. The number of morpholine rings is 1. The zero-order valence-electron chi connectivity index (χ0n) is 22.5. The molecule has 1 heterocycles. The van der Waals surface area contributed by atoms with E-state index in [0.717, 1.165) is 36.3 Å². The van der Waals surface area contributed by atoms with E-state index in [-0.39, 0.29) is 6.61 Å². The Balaban J connectivity index is 1.51. The monoisotopic (exact) mass is 565 g/mol. The minimum atomic E-state index is -4.43. The Morgan fingerprint density at radius 1 is 1.00 bits per heavy atom. The molecule has 41 heavy (non-hydrogen) atoms. The average Bonchev–Trinajstić information content (AvgIpc) is 2.95. The Kier molecular flexibility index (Phi) is 10.1. The molecule has 0 spiro atoms. The summed E-state index contributed by atoms with van der Waals surface area (Å²) in [5.74, 6) is 6.26. The van der Waals surface area contributed by atoms with Gasteiger partial charge in [-0.1, -0.05) is 36.1 Å². The van der Waals surface area contributed by atoms with Gasteiger partial charge in [-0.25, -0.2) is 4.79 Å². The number of benzene rings is 3. The van der Waals surface area contributed by atoms with Crippen LogP contribution in [0, 0.1) is 18.8 Å². The van der Waals surface area contributed by atoms with Gasteiger partial charge in [-0.3, -0.25) is 4.90 Å². The van der Waals surface area contributed by atoms with E-state index in [1.807, 2.05) is 30.3 Å². The molecule has 3 aromatic carbocycles. The summed E-state index contributed by atoms with van der Waals surface area (Å²) in [7, 11) is 0. The van der Waals surface area contributed by atoms with Crippen LogP contribution < -0.4 is 9.47 Å². The van der Waals surface area contributed by atoms with E-state index in [2.05, 4.69) is 16.7 Å². The molecule has 1 aliphatic rings. The molecule has 1 N–H and O–H groups in total. The van der Waals surface area contributed by atoms with E-state index in [1.54, 1.807) is 25.1 Å². The maximum atomic E-state index is 13.2. The van der Waals surface area contributed by atoms with E-state index >= 15 is 0 Å². The standard InChI is InChI=1S/C32H30F3NO5/c1-23-21-28(12-13-30(23)41-22-31(37)38)40-18-14-29(26-8-10-27(11-9-26)32(33,34)35)25-6-4-24(5-7-25)3-2-15-36-16-19-39-20-17-36/h4-14,21H,15-20,22H2,1H3,(H,37,38)/b29-14+. The quantitative estimate of drug-likeness (QED) is 0.337. The van der Waals surface area contributed by atoms with Crippen LogP contribution >= 0.6 is 0 Å². The second kappa shape index (κ2) is 13.9. The predicted molar refractivity (Wildman–Crippen MR) is 149 cm³/mol. The highest BCUT2D eigenvalue weighted by Gasteiger charge is 2.30. The molecule has 0 bridgehead atoms. The van der Waals surface area contributed by atoms with Crippen molar-refractivity contribution in [2.75, 3.05) is 46.1 Å². The van der Waals surface area contributed by atoms with E-state index in [0.29, 0.717) is 48.0 Å². The number of carbonyl (C=O) groups is 1. The molecular formula is C32H30F3NO5. The molecule has 0 aliphatic carbocycles. The van der Waals surface area contributed by atoms with Crippen molar-refractivity contribution in [2.24, 2.45) is 0 Å². The molecule has 0 aromatic heterocycles. The van der Waals surface area contributed by atoms with Crippen molar-refractivity contribution >= 4 is 11.5 Å². The molecular weight excluding hydrogens is 535 g/mol. The summed E-state index contributed by atoms with van der Waals surface area (Å²) >= 11 is 0. The second-order valence-corrected chi connectivity index (χ2v) is 9.38. The van der Waals surface area contributed by atoms with Crippen molar-refractivity contribution in [1.29, 1.82) is 0 Å². The first-order valence-corrected chi connectivity index (χ1v) is 13.0. The molecule has 6 nitrogen and oxygen atoms in total. The number of ether oxygens (including phenoxy) is 3. The third kappa shape index (κ3) is 8.87. The lowest BCUT2D eigenvalue weighted by molar-refractivity contribution is -0.139. The van der Waals surface area contributed by atoms with Gasteiger partial charge in [0, 0.05) is 18.7 Å². The van der Waals surface area contributed by atoms with E-state index < -0.39 is 24.3 Å². The zero-order valence-corrected chi connectivity index (χ0v) is 22.5. The zero-order chi connectivity index (χ0) is 29.2. The Hall–Kier alpha value is -4.26. The van der Waals surface area contributed by atoms with Crippen LogP contribution in [0.3, 0.4) is 0 Å². The van der Waals surface area contributed by atoms with Gasteiger partial charge in [-0.05, 0) is 77.7 Å². The summed E-state index contributed by atoms with van der Waals surface area (Å²) < 4.78 is 56.0. The number of halogens is 3. The van der Waals surface area contributed by atoms with Crippen molar-refractivity contribution in [1.82, 2.24) is 4.90 Å². The average molecular weight is 566 g/mol. The lowest BCUT2D eigenvalue weighted by Crippen LogP contribution is -2.36. The van der Waals surface area contributed by atoms with Crippen LogP contribution in [0.1, 0.15) is 27.8 Å². The summed E-state index contributed by atoms with van der Waals surface area (Å²) in [5, 5.41) is 8.81. The van der Waals surface area contributed by atoms with Crippen molar-refractivity contribution in [3.63, 3.8) is 0 Å². The normalized spacial score (nSPS) is 14.2. The van der Waals surface area contributed by atoms with Gasteiger partial charge in [0.15, 0.2) is 6.61 Å². The maximum absolute atomic E-state index is 13.2. The Morgan fingerprint density at radius 3 is 2.27 bits per heavy atom. The fraction of sp³-hybridized carbons (Fsp3) is 0.281. The van der Waals surface area contributed by atoms with Gasteiger partial charge in [-0.2, -0.15) is 13.2 Å². The van der Waals surface area contributed by atoms with Gasteiger partial charge in [0.25, 0.3) is 0 Å². The number of aryl methyl sites for hydroxylation is 1. The Labute approximate surface area is 237 Å². The topological polar surface area (TPSA) is 68.2 Å². The molecule has 1 fully saturated rings. The highest BCUT2D eigenvalue weighted by atomic mass is 19.4. The molecule has 1 saturated heterocycles.